The standard InChI is InChI=1S/C9H17Cl3Si/c1-9(2,3)7-5-4-6-8(7)13(10,11)12/h7-8H,4-6H2,1-3H3. The molecule has 0 aromatic heterocycles. The molecule has 0 aliphatic heterocycles. The lowest BCUT2D eigenvalue weighted by atomic mass is 9.79. The quantitative estimate of drug-likeness (QED) is 0.466. The monoisotopic (exact) mass is 258 g/mol. The van der Waals surface area contributed by atoms with Crippen molar-refractivity contribution < 1.29 is 0 Å². The summed E-state index contributed by atoms with van der Waals surface area (Å²) in [4.78, 5) is 0. The van der Waals surface area contributed by atoms with Crippen LogP contribution in [0, 0.1) is 11.3 Å². The van der Waals surface area contributed by atoms with E-state index in [1.165, 1.54) is 12.8 Å². The maximum atomic E-state index is 6.11. The second kappa shape index (κ2) is 3.92. The van der Waals surface area contributed by atoms with Crippen molar-refractivity contribution in [2.45, 2.75) is 45.6 Å². The highest BCUT2D eigenvalue weighted by Gasteiger charge is 2.48. The Balaban J connectivity index is 2.76. The lowest BCUT2D eigenvalue weighted by Crippen LogP contribution is -2.30. The first kappa shape index (κ1) is 12.2. The Hall–Kier alpha value is 1.09. The zero-order chi connectivity index (χ0) is 10.3. The predicted octanol–water partition coefficient (Wildman–Crippen LogP) is 4.86. The van der Waals surface area contributed by atoms with Gasteiger partial charge in [-0.2, -0.15) is 0 Å². The Labute approximate surface area is 96.1 Å². The van der Waals surface area contributed by atoms with Gasteiger partial charge in [-0.05, 0) is 29.7 Å². The summed E-state index contributed by atoms with van der Waals surface area (Å²) in [5.74, 6) is 0.603. The Morgan fingerprint density at radius 3 is 1.92 bits per heavy atom. The van der Waals surface area contributed by atoms with Crippen molar-refractivity contribution in [3.8, 4) is 0 Å². The maximum absolute atomic E-state index is 6.11. The molecule has 0 heterocycles. The molecule has 0 bridgehead atoms. The molecule has 1 rings (SSSR count). The Kier molecular flexibility index (Phi) is 3.67. The average Bonchev–Trinajstić information content (AvgIpc) is 2.27. The SMILES string of the molecule is CC(C)(C)C1CCCC1[Si](Cl)(Cl)Cl. The largest absolute Gasteiger partial charge is 0.344 e. The van der Waals surface area contributed by atoms with Gasteiger partial charge in [0.2, 0.25) is 0 Å². The number of hydrogen-bond acceptors (Lipinski definition) is 0. The minimum Gasteiger partial charge on any atom is -0.126 e. The van der Waals surface area contributed by atoms with Gasteiger partial charge in [0.05, 0.1) is 0 Å². The molecule has 0 aromatic carbocycles. The molecule has 0 spiro atoms. The van der Waals surface area contributed by atoms with E-state index < -0.39 is 6.00 Å². The second-order valence-electron chi connectivity index (χ2n) is 5.05. The van der Waals surface area contributed by atoms with Crippen LogP contribution in [0.3, 0.4) is 0 Å². The Morgan fingerprint density at radius 1 is 1.08 bits per heavy atom. The lowest BCUT2D eigenvalue weighted by Gasteiger charge is -2.34. The van der Waals surface area contributed by atoms with E-state index in [1.807, 2.05) is 0 Å². The fraction of sp³-hybridized carbons (Fsp3) is 1.00. The van der Waals surface area contributed by atoms with Gasteiger partial charge in [-0.25, -0.2) is 0 Å². The molecular formula is C9H17Cl3Si. The van der Waals surface area contributed by atoms with E-state index >= 15 is 0 Å². The van der Waals surface area contributed by atoms with Crippen molar-refractivity contribution in [1.82, 2.24) is 0 Å². The highest BCUT2D eigenvalue weighted by Crippen LogP contribution is 2.54. The summed E-state index contributed by atoms with van der Waals surface area (Å²) < 4.78 is 0. The molecule has 0 nitrogen and oxygen atoms in total. The van der Waals surface area contributed by atoms with Crippen molar-refractivity contribution in [3.63, 3.8) is 0 Å². The van der Waals surface area contributed by atoms with Crippen LogP contribution in [0.2, 0.25) is 5.54 Å². The lowest BCUT2D eigenvalue weighted by molar-refractivity contribution is 0.245. The number of hydrogen-bond donors (Lipinski definition) is 0. The number of halogens is 3. The van der Waals surface area contributed by atoms with Crippen molar-refractivity contribution in [3.05, 3.63) is 0 Å². The first-order chi connectivity index (χ1) is 5.73. The third-order valence-corrected chi connectivity index (χ3v) is 7.10. The molecule has 1 aliphatic rings. The van der Waals surface area contributed by atoms with Gasteiger partial charge in [-0.1, -0.05) is 27.2 Å². The van der Waals surface area contributed by atoms with Crippen LogP contribution >= 0.6 is 33.2 Å². The van der Waals surface area contributed by atoms with E-state index in [4.69, 9.17) is 33.2 Å². The molecule has 2 unspecified atom stereocenters. The van der Waals surface area contributed by atoms with Crippen LogP contribution in [0.5, 0.6) is 0 Å². The minimum absolute atomic E-state index is 0.290. The smallest absolute Gasteiger partial charge is 0.126 e. The van der Waals surface area contributed by atoms with E-state index in [9.17, 15) is 0 Å². The highest BCUT2D eigenvalue weighted by molar-refractivity contribution is 7.65. The second-order valence-corrected chi connectivity index (χ2v) is 14.0. The first-order valence-electron chi connectivity index (χ1n) is 4.79. The minimum atomic E-state index is -2.48. The van der Waals surface area contributed by atoms with Crippen molar-refractivity contribution in [2.24, 2.45) is 11.3 Å². The molecule has 2 atom stereocenters. The molecule has 4 heteroatoms. The van der Waals surface area contributed by atoms with E-state index in [-0.39, 0.29) is 5.41 Å². The third-order valence-electron chi connectivity index (χ3n) is 3.05. The van der Waals surface area contributed by atoms with Gasteiger partial charge in [0.1, 0.15) is 0 Å². The average molecular weight is 260 g/mol. The summed E-state index contributed by atoms with van der Waals surface area (Å²) >= 11 is 18.3. The van der Waals surface area contributed by atoms with Crippen LogP contribution in [-0.2, 0) is 0 Å². The first-order valence-corrected chi connectivity index (χ1v) is 9.91. The topological polar surface area (TPSA) is 0 Å². The van der Waals surface area contributed by atoms with Crippen LogP contribution in [0.25, 0.3) is 0 Å². The van der Waals surface area contributed by atoms with E-state index in [0.717, 1.165) is 6.42 Å². The summed E-state index contributed by atoms with van der Waals surface area (Å²) in [6.45, 7) is 6.75. The number of rotatable bonds is 1. The van der Waals surface area contributed by atoms with Crippen molar-refractivity contribution in [2.75, 3.05) is 0 Å². The van der Waals surface area contributed by atoms with Gasteiger partial charge in [0.25, 0.3) is 0 Å². The zero-order valence-electron chi connectivity index (χ0n) is 8.41. The molecule has 1 saturated carbocycles. The van der Waals surface area contributed by atoms with Gasteiger partial charge in [-0.15, -0.1) is 33.2 Å². The maximum Gasteiger partial charge on any atom is 0.344 e. The predicted molar refractivity (Wildman–Crippen MR) is 63.9 cm³/mol. The Morgan fingerprint density at radius 2 is 1.62 bits per heavy atom. The van der Waals surface area contributed by atoms with E-state index in [2.05, 4.69) is 20.8 Å². The molecule has 0 amide bonds. The van der Waals surface area contributed by atoms with Crippen molar-refractivity contribution in [1.29, 1.82) is 0 Å². The fourth-order valence-electron chi connectivity index (χ4n) is 2.39. The fourth-order valence-corrected chi connectivity index (χ4v) is 6.39. The van der Waals surface area contributed by atoms with Crippen LogP contribution < -0.4 is 0 Å². The van der Waals surface area contributed by atoms with Gasteiger partial charge in [-0.3, -0.25) is 0 Å². The van der Waals surface area contributed by atoms with Crippen LogP contribution in [-0.4, -0.2) is 6.00 Å². The van der Waals surface area contributed by atoms with Gasteiger partial charge < -0.3 is 0 Å². The molecule has 0 radical (unpaired) electrons. The molecule has 13 heavy (non-hydrogen) atoms. The van der Waals surface area contributed by atoms with Crippen molar-refractivity contribution >= 4 is 39.2 Å². The van der Waals surface area contributed by atoms with Crippen LogP contribution in [0.1, 0.15) is 40.0 Å². The Bertz CT molecular complexity index is 160. The van der Waals surface area contributed by atoms with Gasteiger partial charge in [0.15, 0.2) is 0 Å². The summed E-state index contributed by atoms with van der Waals surface area (Å²) in [5.41, 5.74) is 0.662. The highest BCUT2D eigenvalue weighted by atomic mass is 35.8. The molecule has 0 aromatic rings. The van der Waals surface area contributed by atoms with E-state index in [0.29, 0.717) is 11.5 Å². The summed E-state index contributed by atoms with van der Waals surface area (Å²) in [5, 5.41) is 0. The summed E-state index contributed by atoms with van der Waals surface area (Å²) in [6.07, 6.45) is 3.58. The molecule has 1 aliphatic carbocycles. The summed E-state index contributed by atoms with van der Waals surface area (Å²) in [6, 6.07) is -2.48. The summed E-state index contributed by atoms with van der Waals surface area (Å²) in [7, 11) is 0. The van der Waals surface area contributed by atoms with Crippen LogP contribution in [0.15, 0.2) is 0 Å². The van der Waals surface area contributed by atoms with E-state index in [1.54, 1.807) is 0 Å². The molecule has 0 saturated heterocycles. The van der Waals surface area contributed by atoms with Gasteiger partial charge >= 0.3 is 6.00 Å². The van der Waals surface area contributed by atoms with Gasteiger partial charge in [0, 0.05) is 0 Å². The molecule has 1 fully saturated rings. The zero-order valence-corrected chi connectivity index (χ0v) is 11.7. The molecular weight excluding hydrogens is 243 g/mol. The third kappa shape index (κ3) is 3.02. The normalized spacial score (nSPS) is 30.9. The molecule has 78 valence electrons. The van der Waals surface area contributed by atoms with Crippen LogP contribution in [0.4, 0.5) is 0 Å². The molecule has 0 N–H and O–H groups in total.